The average molecular weight is 329 g/mol. The van der Waals surface area contributed by atoms with Crippen molar-refractivity contribution < 1.29 is 13.7 Å². The molecule has 0 spiro atoms. The van der Waals surface area contributed by atoms with Gasteiger partial charge in [0, 0.05) is 18.5 Å². The smallest absolute Gasteiger partial charge is 0.227 e. The fourth-order valence-corrected chi connectivity index (χ4v) is 2.16. The first-order chi connectivity index (χ1) is 11.6. The van der Waals surface area contributed by atoms with Crippen LogP contribution in [0.2, 0.25) is 0 Å². The first kappa shape index (κ1) is 15.9. The number of carbonyl (C=O) groups is 1. The lowest BCUT2D eigenvalue weighted by Crippen LogP contribution is -2.23. The van der Waals surface area contributed by atoms with Crippen LogP contribution in [0.5, 0.6) is 0 Å². The van der Waals surface area contributed by atoms with E-state index in [1.54, 1.807) is 24.5 Å². The SMILES string of the molecule is Cc1[nH]cnc1CNC(=O)CCc1nc(-c2ccccc2F)no1. The summed E-state index contributed by atoms with van der Waals surface area (Å²) in [6.07, 6.45) is 2.06. The zero-order valence-corrected chi connectivity index (χ0v) is 13.0. The quantitative estimate of drug-likeness (QED) is 0.722. The number of hydrogen-bond donors (Lipinski definition) is 2. The molecule has 1 amide bonds. The van der Waals surface area contributed by atoms with Gasteiger partial charge in [-0.1, -0.05) is 17.3 Å². The summed E-state index contributed by atoms with van der Waals surface area (Å²) in [7, 11) is 0. The number of carbonyl (C=O) groups excluding carboxylic acids is 1. The molecule has 0 radical (unpaired) electrons. The third kappa shape index (κ3) is 3.65. The van der Waals surface area contributed by atoms with Crippen molar-refractivity contribution >= 4 is 5.91 Å². The molecule has 7 nitrogen and oxygen atoms in total. The third-order valence-electron chi connectivity index (χ3n) is 3.54. The third-order valence-corrected chi connectivity index (χ3v) is 3.54. The minimum absolute atomic E-state index is 0.150. The lowest BCUT2D eigenvalue weighted by atomic mass is 10.2. The maximum atomic E-state index is 13.7. The molecule has 8 heteroatoms. The van der Waals surface area contributed by atoms with Crippen LogP contribution in [0.4, 0.5) is 4.39 Å². The van der Waals surface area contributed by atoms with E-state index in [0.29, 0.717) is 12.4 Å². The standard InChI is InChI=1S/C16H16FN5O2/c1-10-13(20-9-19-10)8-18-14(23)6-7-15-21-16(22-24-15)11-4-2-3-5-12(11)17/h2-5,9H,6-8H2,1H3,(H,18,23)(H,19,20). The first-order valence-electron chi connectivity index (χ1n) is 7.46. The molecule has 2 aromatic heterocycles. The highest BCUT2D eigenvalue weighted by atomic mass is 19.1. The van der Waals surface area contributed by atoms with Crippen LogP contribution in [0, 0.1) is 12.7 Å². The second-order valence-electron chi connectivity index (χ2n) is 5.24. The van der Waals surface area contributed by atoms with Crippen molar-refractivity contribution in [2.75, 3.05) is 0 Å². The lowest BCUT2D eigenvalue weighted by Gasteiger charge is -2.02. The monoisotopic (exact) mass is 329 g/mol. The molecule has 0 aliphatic heterocycles. The highest BCUT2D eigenvalue weighted by molar-refractivity contribution is 5.76. The second-order valence-corrected chi connectivity index (χ2v) is 5.24. The van der Waals surface area contributed by atoms with Gasteiger partial charge in [-0.3, -0.25) is 4.79 Å². The number of hydrogen-bond acceptors (Lipinski definition) is 5. The Kier molecular flexibility index (Phi) is 4.64. The molecule has 124 valence electrons. The minimum Gasteiger partial charge on any atom is -0.350 e. The van der Waals surface area contributed by atoms with Gasteiger partial charge >= 0.3 is 0 Å². The Morgan fingerprint density at radius 2 is 2.21 bits per heavy atom. The van der Waals surface area contributed by atoms with E-state index in [9.17, 15) is 9.18 Å². The number of aryl methyl sites for hydroxylation is 2. The molecule has 0 unspecified atom stereocenters. The number of H-pyrrole nitrogens is 1. The van der Waals surface area contributed by atoms with Gasteiger partial charge in [0.15, 0.2) is 0 Å². The van der Waals surface area contributed by atoms with Gasteiger partial charge in [0.25, 0.3) is 0 Å². The Hall–Kier alpha value is -3.03. The van der Waals surface area contributed by atoms with Crippen LogP contribution in [-0.2, 0) is 17.8 Å². The molecule has 0 aliphatic carbocycles. The Balaban J connectivity index is 1.53. The van der Waals surface area contributed by atoms with Crippen LogP contribution >= 0.6 is 0 Å². The van der Waals surface area contributed by atoms with E-state index in [2.05, 4.69) is 25.4 Å². The average Bonchev–Trinajstić information content (AvgIpc) is 3.20. The van der Waals surface area contributed by atoms with E-state index < -0.39 is 5.82 Å². The number of benzene rings is 1. The van der Waals surface area contributed by atoms with Crippen molar-refractivity contribution in [3.05, 3.63) is 53.7 Å². The van der Waals surface area contributed by atoms with Gasteiger partial charge in [-0.05, 0) is 19.1 Å². The zero-order chi connectivity index (χ0) is 16.9. The molecule has 0 saturated heterocycles. The van der Waals surface area contributed by atoms with E-state index in [-0.39, 0.29) is 30.1 Å². The number of aromatic nitrogens is 4. The summed E-state index contributed by atoms with van der Waals surface area (Å²) in [5.74, 6) is -0.102. The summed E-state index contributed by atoms with van der Waals surface area (Å²) in [5.41, 5.74) is 1.98. The molecule has 3 aromatic rings. The molecule has 1 aromatic carbocycles. The van der Waals surface area contributed by atoms with Crippen LogP contribution in [-0.4, -0.2) is 26.0 Å². The largest absolute Gasteiger partial charge is 0.350 e. The van der Waals surface area contributed by atoms with Crippen molar-refractivity contribution in [3.63, 3.8) is 0 Å². The number of aromatic amines is 1. The first-order valence-corrected chi connectivity index (χ1v) is 7.46. The Bertz CT molecular complexity index is 842. The van der Waals surface area contributed by atoms with Gasteiger partial charge in [0.2, 0.25) is 17.6 Å². The van der Waals surface area contributed by atoms with Crippen molar-refractivity contribution in [2.45, 2.75) is 26.3 Å². The molecule has 2 heterocycles. The van der Waals surface area contributed by atoms with E-state index in [1.165, 1.54) is 6.07 Å². The maximum Gasteiger partial charge on any atom is 0.227 e. The summed E-state index contributed by atoms with van der Waals surface area (Å²) < 4.78 is 18.7. The fraction of sp³-hybridized carbons (Fsp3) is 0.250. The van der Waals surface area contributed by atoms with E-state index in [0.717, 1.165) is 11.4 Å². The molecule has 2 N–H and O–H groups in total. The summed E-state index contributed by atoms with van der Waals surface area (Å²) in [6.45, 7) is 2.25. The molecular formula is C16H16FN5O2. The molecule has 0 bridgehead atoms. The van der Waals surface area contributed by atoms with Crippen molar-refractivity contribution in [2.24, 2.45) is 0 Å². The predicted molar refractivity (Wildman–Crippen MR) is 83.2 cm³/mol. The molecule has 0 aliphatic rings. The number of halogens is 1. The maximum absolute atomic E-state index is 13.7. The number of imidazole rings is 1. The molecule has 0 fully saturated rings. The van der Waals surface area contributed by atoms with Crippen LogP contribution < -0.4 is 5.32 Å². The predicted octanol–water partition coefficient (Wildman–Crippen LogP) is 2.16. The van der Waals surface area contributed by atoms with Gasteiger partial charge in [0.1, 0.15) is 5.82 Å². The number of nitrogens with zero attached hydrogens (tertiary/aromatic N) is 3. The lowest BCUT2D eigenvalue weighted by molar-refractivity contribution is -0.121. The number of rotatable bonds is 6. The highest BCUT2D eigenvalue weighted by Gasteiger charge is 2.13. The second kappa shape index (κ2) is 7.03. The van der Waals surface area contributed by atoms with Crippen molar-refractivity contribution in [3.8, 4) is 11.4 Å². The van der Waals surface area contributed by atoms with Crippen molar-refractivity contribution in [1.29, 1.82) is 0 Å². The Morgan fingerprint density at radius 1 is 1.38 bits per heavy atom. The Labute approximate surface area is 137 Å². The van der Waals surface area contributed by atoms with Crippen molar-refractivity contribution in [1.82, 2.24) is 25.4 Å². The minimum atomic E-state index is -0.419. The summed E-state index contributed by atoms with van der Waals surface area (Å²) in [6, 6.07) is 6.18. The van der Waals surface area contributed by atoms with Gasteiger partial charge in [0.05, 0.1) is 24.1 Å². The van der Waals surface area contributed by atoms with Crippen LogP contribution in [0.3, 0.4) is 0 Å². The normalized spacial score (nSPS) is 10.8. The number of amides is 1. The molecule has 3 rings (SSSR count). The van der Waals surface area contributed by atoms with Crippen LogP contribution in [0.25, 0.3) is 11.4 Å². The zero-order valence-electron chi connectivity index (χ0n) is 13.0. The fourth-order valence-electron chi connectivity index (χ4n) is 2.16. The molecule has 0 atom stereocenters. The summed E-state index contributed by atoms with van der Waals surface area (Å²) >= 11 is 0. The molecular weight excluding hydrogens is 313 g/mol. The van der Waals surface area contributed by atoms with Gasteiger partial charge in [-0.2, -0.15) is 4.98 Å². The van der Waals surface area contributed by atoms with E-state index in [1.807, 2.05) is 6.92 Å². The molecule has 24 heavy (non-hydrogen) atoms. The van der Waals surface area contributed by atoms with Crippen LogP contribution in [0.1, 0.15) is 23.7 Å². The Morgan fingerprint density at radius 3 is 2.96 bits per heavy atom. The van der Waals surface area contributed by atoms with E-state index in [4.69, 9.17) is 4.52 Å². The number of nitrogens with one attached hydrogen (secondary N) is 2. The van der Waals surface area contributed by atoms with Gasteiger partial charge < -0.3 is 14.8 Å². The molecule has 0 saturated carbocycles. The summed E-state index contributed by atoms with van der Waals surface area (Å²) in [5, 5.41) is 6.52. The summed E-state index contributed by atoms with van der Waals surface area (Å²) in [4.78, 5) is 23.0. The highest BCUT2D eigenvalue weighted by Crippen LogP contribution is 2.19. The topological polar surface area (TPSA) is 96.7 Å². The van der Waals surface area contributed by atoms with Crippen LogP contribution in [0.15, 0.2) is 35.1 Å². The van der Waals surface area contributed by atoms with Gasteiger partial charge in [-0.15, -0.1) is 0 Å². The van der Waals surface area contributed by atoms with E-state index >= 15 is 0 Å². The van der Waals surface area contributed by atoms with Gasteiger partial charge in [-0.25, -0.2) is 9.37 Å².